The fourth-order valence-corrected chi connectivity index (χ4v) is 3.91. The van der Waals surface area contributed by atoms with Crippen LogP contribution in [0.15, 0.2) is 34.9 Å². The summed E-state index contributed by atoms with van der Waals surface area (Å²) < 4.78 is 10.9. The van der Waals surface area contributed by atoms with Gasteiger partial charge in [-0.05, 0) is 37.0 Å². The molecule has 7 heteroatoms. The average molecular weight is 399 g/mol. The molecular formula is C22H30N4O3. The number of carbonyl (C=O) groups excluding carboxylic acids is 1. The number of likely N-dealkylation sites (tertiary alicyclic amines) is 1. The van der Waals surface area contributed by atoms with Gasteiger partial charge in [-0.3, -0.25) is 4.79 Å². The Bertz CT molecular complexity index is 821. The summed E-state index contributed by atoms with van der Waals surface area (Å²) in [5.74, 6) is 0.299. The number of aromatic nitrogens is 1. The molecule has 29 heavy (non-hydrogen) atoms. The largest absolute Gasteiger partial charge is 0.378 e. The van der Waals surface area contributed by atoms with Crippen LogP contribution in [-0.2, 0) is 17.7 Å². The maximum Gasteiger partial charge on any atom is 0.292 e. The quantitative estimate of drug-likeness (QED) is 0.773. The molecule has 156 valence electrons. The highest BCUT2D eigenvalue weighted by Gasteiger charge is 2.39. The van der Waals surface area contributed by atoms with E-state index in [4.69, 9.17) is 9.26 Å². The van der Waals surface area contributed by atoms with Crippen LogP contribution < -0.4 is 10.2 Å². The van der Waals surface area contributed by atoms with Crippen LogP contribution in [0.25, 0.3) is 0 Å². The van der Waals surface area contributed by atoms with Crippen molar-refractivity contribution >= 4 is 11.6 Å². The van der Waals surface area contributed by atoms with Crippen LogP contribution in [0.4, 0.5) is 5.69 Å². The molecule has 0 saturated carbocycles. The van der Waals surface area contributed by atoms with Crippen molar-refractivity contribution in [3.63, 3.8) is 0 Å². The van der Waals surface area contributed by atoms with E-state index < -0.39 is 0 Å². The Balaban J connectivity index is 1.36. The van der Waals surface area contributed by atoms with E-state index in [1.165, 1.54) is 17.7 Å². The van der Waals surface area contributed by atoms with Crippen LogP contribution in [0, 0.1) is 0 Å². The van der Waals surface area contributed by atoms with Crippen molar-refractivity contribution in [3.05, 3.63) is 47.3 Å². The lowest BCUT2D eigenvalue weighted by molar-refractivity contribution is -0.0755. The van der Waals surface area contributed by atoms with Gasteiger partial charge in [0.05, 0.1) is 24.4 Å². The molecule has 3 heterocycles. The van der Waals surface area contributed by atoms with Gasteiger partial charge in [0.25, 0.3) is 5.91 Å². The van der Waals surface area contributed by atoms with Gasteiger partial charge in [-0.2, -0.15) is 0 Å². The SMILES string of the molecule is CN(C)c1ccc(CNC2(Cc3cc(C(=O)N4CCCCC4)on3)COC2)cc1. The average Bonchev–Trinajstić information content (AvgIpc) is 3.18. The maximum atomic E-state index is 12.6. The van der Waals surface area contributed by atoms with Gasteiger partial charge in [0.2, 0.25) is 5.76 Å². The van der Waals surface area contributed by atoms with Gasteiger partial charge in [0.1, 0.15) is 0 Å². The minimum Gasteiger partial charge on any atom is -0.378 e. The number of carbonyl (C=O) groups is 1. The normalized spacial score (nSPS) is 18.3. The molecule has 7 nitrogen and oxygen atoms in total. The lowest BCUT2D eigenvalue weighted by Gasteiger charge is -2.42. The van der Waals surface area contributed by atoms with Gasteiger partial charge in [0.15, 0.2) is 0 Å². The maximum absolute atomic E-state index is 12.6. The van der Waals surface area contributed by atoms with Crippen LogP contribution in [0.1, 0.15) is 41.1 Å². The molecule has 2 aliphatic heterocycles. The Morgan fingerprint density at radius 2 is 1.90 bits per heavy atom. The van der Waals surface area contributed by atoms with E-state index in [-0.39, 0.29) is 11.4 Å². The van der Waals surface area contributed by atoms with Crippen molar-refractivity contribution in [3.8, 4) is 0 Å². The molecule has 1 amide bonds. The van der Waals surface area contributed by atoms with Crippen LogP contribution in [0.2, 0.25) is 0 Å². The lowest BCUT2D eigenvalue weighted by atomic mass is 9.90. The first-order valence-corrected chi connectivity index (χ1v) is 10.4. The van der Waals surface area contributed by atoms with Crippen LogP contribution in [-0.4, -0.2) is 61.9 Å². The third-order valence-electron chi connectivity index (χ3n) is 5.81. The summed E-state index contributed by atoms with van der Waals surface area (Å²) in [6.45, 7) is 3.63. The molecule has 1 aromatic carbocycles. The van der Waals surface area contributed by atoms with E-state index in [9.17, 15) is 4.79 Å². The summed E-state index contributed by atoms with van der Waals surface area (Å²) in [6.07, 6.45) is 4.00. The molecule has 2 saturated heterocycles. The highest BCUT2D eigenvalue weighted by atomic mass is 16.5. The van der Waals surface area contributed by atoms with Crippen molar-refractivity contribution in [2.75, 3.05) is 45.3 Å². The first-order valence-electron chi connectivity index (χ1n) is 10.4. The standard InChI is InChI=1S/C22H30N4O3/c1-25(2)19-8-6-17(7-9-19)14-23-22(15-28-16-22)13-18-12-20(29-24-18)21(27)26-10-4-3-5-11-26/h6-9,12,23H,3-5,10-11,13-16H2,1-2H3. The second-order valence-corrected chi connectivity index (χ2v) is 8.40. The van der Waals surface area contributed by atoms with Gasteiger partial charge in [-0.25, -0.2) is 0 Å². The lowest BCUT2D eigenvalue weighted by Crippen LogP contribution is -2.61. The number of amides is 1. The van der Waals surface area contributed by atoms with Crippen LogP contribution in [0.5, 0.6) is 0 Å². The molecule has 2 fully saturated rings. The molecule has 2 aromatic rings. The number of anilines is 1. The van der Waals surface area contributed by atoms with Crippen LogP contribution >= 0.6 is 0 Å². The topological polar surface area (TPSA) is 70.8 Å². The fraction of sp³-hybridized carbons (Fsp3) is 0.545. The Morgan fingerprint density at radius 1 is 1.17 bits per heavy atom. The predicted octanol–water partition coefficient (Wildman–Crippen LogP) is 2.47. The van der Waals surface area contributed by atoms with Crippen molar-refractivity contribution in [1.82, 2.24) is 15.4 Å². The molecule has 4 rings (SSSR count). The zero-order valence-corrected chi connectivity index (χ0v) is 17.3. The minimum absolute atomic E-state index is 0.0451. The smallest absolute Gasteiger partial charge is 0.292 e. The molecule has 0 spiro atoms. The van der Waals surface area contributed by atoms with E-state index in [1.54, 1.807) is 6.07 Å². The molecular weight excluding hydrogens is 368 g/mol. The zero-order chi connectivity index (χ0) is 20.3. The summed E-state index contributed by atoms with van der Waals surface area (Å²) in [5.41, 5.74) is 3.04. The molecule has 0 unspecified atom stereocenters. The highest BCUT2D eigenvalue weighted by Crippen LogP contribution is 2.24. The number of ether oxygens (including phenoxy) is 1. The number of piperidine rings is 1. The second-order valence-electron chi connectivity index (χ2n) is 8.40. The van der Waals surface area contributed by atoms with Crippen molar-refractivity contribution in [2.24, 2.45) is 0 Å². The number of hydrogen-bond acceptors (Lipinski definition) is 6. The monoisotopic (exact) mass is 398 g/mol. The Kier molecular flexibility index (Phi) is 5.87. The van der Waals surface area contributed by atoms with Crippen molar-refractivity contribution < 1.29 is 14.1 Å². The molecule has 0 radical (unpaired) electrons. The summed E-state index contributed by atoms with van der Waals surface area (Å²) in [4.78, 5) is 16.6. The van der Waals surface area contributed by atoms with Gasteiger partial charge in [0, 0.05) is 51.9 Å². The van der Waals surface area contributed by atoms with Gasteiger partial charge < -0.3 is 24.4 Å². The Labute approximate surface area is 172 Å². The third kappa shape index (κ3) is 4.62. The zero-order valence-electron chi connectivity index (χ0n) is 17.3. The number of benzene rings is 1. The number of nitrogens with one attached hydrogen (secondary N) is 1. The minimum atomic E-state index is -0.164. The summed E-state index contributed by atoms with van der Waals surface area (Å²) >= 11 is 0. The van der Waals surface area contributed by atoms with E-state index in [0.29, 0.717) is 25.4 Å². The third-order valence-corrected chi connectivity index (χ3v) is 5.81. The molecule has 1 N–H and O–H groups in total. The number of rotatable bonds is 7. The van der Waals surface area contributed by atoms with E-state index >= 15 is 0 Å². The molecule has 0 bridgehead atoms. The highest BCUT2D eigenvalue weighted by molar-refractivity contribution is 5.91. The molecule has 2 aliphatic rings. The number of nitrogens with zero attached hydrogens (tertiary/aromatic N) is 3. The Morgan fingerprint density at radius 3 is 2.52 bits per heavy atom. The van der Waals surface area contributed by atoms with Crippen molar-refractivity contribution in [2.45, 2.75) is 37.8 Å². The van der Waals surface area contributed by atoms with Gasteiger partial charge in [-0.1, -0.05) is 17.3 Å². The summed E-state index contributed by atoms with van der Waals surface area (Å²) in [6, 6.07) is 10.3. The molecule has 0 aliphatic carbocycles. The van der Waals surface area contributed by atoms with E-state index in [2.05, 4.69) is 39.6 Å². The first kappa shape index (κ1) is 19.9. The van der Waals surface area contributed by atoms with Gasteiger partial charge >= 0.3 is 0 Å². The fourth-order valence-electron chi connectivity index (χ4n) is 3.91. The molecule has 1 aromatic heterocycles. The van der Waals surface area contributed by atoms with Gasteiger partial charge in [-0.15, -0.1) is 0 Å². The summed E-state index contributed by atoms with van der Waals surface area (Å²) in [7, 11) is 4.08. The first-order chi connectivity index (χ1) is 14.0. The van der Waals surface area contributed by atoms with Crippen molar-refractivity contribution in [1.29, 1.82) is 0 Å². The predicted molar refractivity (Wildman–Crippen MR) is 111 cm³/mol. The molecule has 0 atom stereocenters. The second kappa shape index (κ2) is 8.55. The van der Waals surface area contributed by atoms with Crippen LogP contribution in [0.3, 0.4) is 0 Å². The summed E-state index contributed by atoms with van der Waals surface area (Å²) in [5, 5.41) is 7.79. The van der Waals surface area contributed by atoms with E-state index in [1.807, 2.05) is 19.0 Å². The number of hydrogen-bond donors (Lipinski definition) is 1. The van der Waals surface area contributed by atoms with E-state index in [0.717, 1.165) is 38.2 Å². The Hall–Kier alpha value is -2.38.